The third-order valence-corrected chi connectivity index (χ3v) is 5.11. The molecule has 0 saturated carbocycles. The van der Waals surface area contributed by atoms with Gasteiger partial charge in [-0.3, -0.25) is 0 Å². The molecule has 0 amide bonds. The van der Waals surface area contributed by atoms with Crippen LogP contribution in [0.4, 0.5) is 13.2 Å². The van der Waals surface area contributed by atoms with Crippen molar-refractivity contribution in [3.63, 3.8) is 0 Å². The van der Waals surface area contributed by atoms with Gasteiger partial charge in [0.1, 0.15) is 0 Å². The zero-order chi connectivity index (χ0) is 15.6. The predicted octanol–water partition coefficient (Wildman–Crippen LogP) is 3.80. The summed E-state index contributed by atoms with van der Waals surface area (Å²) in [4.78, 5) is 0.778. The van der Waals surface area contributed by atoms with Gasteiger partial charge in [0, 0.05) is 4.88 Å². The highest BCUT2D eigenvalue weighted by atomic mass is 32.2. The quantitative estimate of drug-likeness (QED) is 0.892. The molecule has 0 radical (unpaired) electrons. The second-order valence-electron chi connectivity index (χ2n) is 5.28. The third-order valence-electron chi connectivity index (χ3n) is 2.25. The molecule has 0 aliphatic carbocycles. The SMILES string of the molecule is C[C@H](NS(=O)C(C)(C)C)c1ccc(OCC(F)(F)F)s1. The summed E-state index contributed by atoms with van der Waals surface area (Å²) in [5.41, 5.74) is 0. The monoisotopic (exact) mass is 329 g/mol. The Balaban J connectivity index is 2.60. The van der Waals surface area contributed by atoms with Gasteiger partial charge in [-0.15, -0.1) is 11.3 Å². The number of ether oxygens (including phenoxy) is 1. The molecule has 1 aromatic rings. The van der Waals surface area contributed by atoms with Gasteiger partial charge in [0.05, 0.1) is 21.8 Å². The molecule has 1 unspecified atom stereocenters. The fourth-order valence-electron chi connectivity index (χ4n) is 1.19. The Morgan fingerprint density at radius 1 is 1.35 bits per heavy atom. The summed E-state index contributed by atoms with van der Waals surface area (Å²) < 4.78 is 55.2. The molecule has 0 aliphatic heterocycles. The first kappa shape index (κ1) is 17.5. The lowest BCUT2D eigenvalue weighted by molar-refractivity contribution is -0.152. The van der Waals surface area contributed by atoms with Gasteiger partial charge in [-0.25, -0.2) is 8.93 Å². The second kappa shape index (κ2) is 6.44. The maximum atomic E-state index is 12.0. The molecule has 1 heterocycles. The fraction of sp³-hybridized carbons (Fsp3) is 0.667. The van der Waals surface area contributed by atoms with Crippen LogP contribution in [0.2, 0.25) is 0 Å². The zero-order valence-electron chi connectivity index (χ0n) is 11.7. The van der Waals surface area contributed by atoms with E-state index in [2.05, 4.69) is 9.46 Å². The zero-order valence-corrected chi connectivity index (χ0v) is 13.3. The molecule has 0 aliphatic rings. The molecule has 0 aromatic carbocycles. The Labute approximate surface area is 123 Å². The van der Waals surface area contributed by atoms with Crippen LogP contribution in [0.3, 0.4) is 0 Å². The number of nitrogens with one attached hydrogen (secondary N) is 1. The van der Waals surface area contributed by atoms with Gasteiger partial charge in [-0.2, -0.15) is 13.2 Å². The molecule has 3 nitrogen and oxygen atoms in total. The van der Waals surface area contributed by atoms with Crippen LogP contribution in [0.1, 0.15) is 38.6 Å². The van der Waals surface area contributed by atoms with E-state index < -0.39 is 28.5 Å². The van der Waals surface area contributed by atoms with E-state index in [1.807, 2.05) is 27.7 Å². The van der Waals surface area contributed by atoms with E-state index in [1.165, 1.54) is 6.07 Å². The van der Waals surface area contributed by atoms with Gasteiger partial charge in [0.15, 0.2) is 11.7 Å². The van der Waals surface area contributed by atoms with Gasteiger partial charge in [-0.05, 0) is 39.8 Å². The third kappa shape index (κ3) is 5.80. The highest BCUT2D eigenvalue weighted by Crippen LogP contribution is 2.31. The minimum Gasteiger partial charge on any atom is -0.475 e. The van der Waals surface area contributed by atoms with Crippen molar-refractivity contribution < 1.29 is 22.1 Å². The maximum Gasteiger partial charge on any atom is 0.422 e. The molecular formula is C12H18F3NO2S2. The first-order chi connectivity index (χ1) is 8.99. The molecule has 2 atom stereocenters. The first-order valence-electron chi connectivity index (χ1n) is 5.96. The van der Waals surface area contributed by atoms with Crippen LogP contribution < -0.4 is 9.46 Å². The largest absolute Gasteiger partial charge is 0.475 e. The Kier molecular flexibility index (Phi) is 5.62. The average molecular weight is 329 g/mol. The van der Waals surface area contributed by atoms with Crippen molar-refractivity contribution in [1.29, 1.82) is 0 Å². The molecule has 0 saturated heterocycles. The molecule has 116 valence electrons. The molecule has 1 rings (SSSR count). The maximum absolute atomic E-state index is 12.0. The molecule has 1 aromatic heterocycles. The van der Waals surface area contributed by atoms with Crippen molar-refractivity contribution in [2.75, 3.05) is 6.61 Å². The number of hydrogen-bond donors (Lipinski definition) is 1. The van der Waals surface area contributed by atoms with Crippen LogP contribution in [0.15, 0.2) is 12.1 Å². The fourth-order valence-corrected chi connectivity index (χ4v) is 2.93. The van der Waals surface area contributed by atoms with Gasteiger partial charge in [-0.1, -0.05) is 0 Å². The summed E-state index contributed by atoms with van der Waals surface area (Å²) in [6, 6.07) is 2.95. The number of halogens is 3. The van der Waals surface area contributed by atoms with Crippen LogP contribution in [-0.4, -0.2) is 21.7 Å². The Morgan fingerprint density at radius 3 is 2.45 bits per heavy atom. The number of hydrogen-bond acceptors (Lipinski definition) is 3. The van der Waals surface area contributed by atoms with E-state index in [1.54, 1.807) is 6.07 Å². The van der Waals surface area contributed by atoms with Crippen molar-refractivity contribution in [2.24, 2.45) is 0 Å². The van der Waals surface area contributed by atoms with Crippen LogP contribution in [-0.2, 0) is 11.0 Å². The lowest BCUT2D eigenvalue weighted by Gasteiger charge is -2.21. The normalized spacial score (nSPS) is 15.9. The summed E-state index contributed by atoms with van der Waals surface area (Å²) >= 11 is 1.12. The number of thiophene rings is 1. The molecule has 1 N–H and O–H groups in total. The van der Waals surface area contributed by atoms with Crippen LogP contribution in [0, 0.1) is 0 Å². The first-order valence-corrected chi connectivity index (χ1v) is 7.93. The summed E-state index contributed by atoms with van der Waals surface area (Å²) in [6.07, 6.45) is -4.35. The van der Waals surface area contributed by atoms with Crippen LogP contribution >= 0.6 is 11.3 Å². The summed E-state index contributed by atoms with van der Waals surface area (Å²) in [6.45, 7) is 6.03. The minimum atomic E-state index is -4.35. The van der Waals surface area contributed by atoms with Gasteiger partial charge < -0.3 is 4.74 Å². The average Bonchev–Trinajstić information content (AvgIpc) is 2.72. The van der Waals surface area contributed by atoms with Crippen molar-refractivity contribution in [1.82, 2.24) is 4.72 Å². The lowest BCUT2D eigenvalue weighted by Crippen LogP contribution is -2.34. The second-order valence-corrected chi connectivity index (χ2v) is 8.36. The molecule has 20 heavy (non-hydrogen) atoms. The molecule has 8 heteroatoms. The lowest BCUT2D eigenvalue weighted by atomic mass is 10.3. The highest BCUT2D eigenvalue weighted by Gasteiger charge is 2.29. The van der Waals surface area contributed by atoms with Gasteiger partial charge in [0.25, 0.3) is 0 Å². The minimum absolute atomic E-state index is 0.201. The standard InChI is InChI=1S/C12H18F3NO2S2/c1-8(16-20(17)11(2,3)4)9-5-6-10(19-9)18-7-12(13,14)15/h5-6,8,16H,7H2,1-4H3/t8-,20?/m0/s1. The smallest absolute Gasteiger partial charge is 0.422 e. The van der Waals surface area contributed by atoms with Gasteiger partial charge >= 0.3 is 6.18 Å². The highest BCUT2D eigenvalue weighted by molar-refractivity contribution is 7.84. The molecular weight excluding hydrogens is 311 g/mol. The van der Waals surface area contributed by atoms with E-state index in [9.17, 15) is 17.4 Å². The van der Waals surface area contributed by atoms with Crippen LogP contribution in [0.25, 0.3) is 0 Å². The van der Waals surface area contributed by atoms with E-state index in [0.29, 0.717) is 0 Å². The molecule has 0 fully saturated rings. The van der Waals surface area contributed by atoms with Crippen molar-refractivity contribution in [2.45, 2.75) is 44.7 Å². The Morgan fingerprint density at radius 2 is 1.95 bits per heavy atom. The number of alkyl halides is 3. The van der Waals surface area contributed by atoms with Gasteiger partial charge in [0.2, 0.25) is 0 Å². The van der Waals surface area contributed by atoms with Crippen molar-refractivity contribution in [3.8, 4) is 5.06 Å². The summed E-state index contributed by atoms with van der Waals surface area (Å²) in [7, 11) is -1.24. The Bertz CT molecular complexity index is 466. The van der Waals surface area contributed by atoms with E-state index in [4.69, 9.17) is 0 Å². The Hall–Kier alpha value is -0.600. The van der Waals surface area contributed by atoms with Crippen molar-refractivity contribution >= 4 is 22.3 Å². The topological polar surface area (TPSA) is 38.3 Å². The number of rotatable bonds is 5. The van der Waals surface area contributed by atoms with E-state index in [-0.39, 0.29) is 11.1 Å². The van der Waals surface area contributed by atoms with E-state index in [0.717, 1.165) is 16.2 Å². The van der Waals surface area contributed by atoms with E-state index >= 15 is 0 Å². The van der Waals surface area contributed by atoms with Crippen molar-refractivity contribution in [3.05, 3.63) is 17.0 Å². The predicted molar refractivity (Wildman–Crippen MR) is 75.3 cm³/mol. The summed E-state index contributed by atoms with van der Waals surface area (Å²) in [5.74, 6) is 0. The molecule has 0 bridgehead atoms. The molecule has 0 spiro atoms. The van der Waals surface area contributed by atoms with Crippen LogP contribution in [0.5, 0.6) is 5.06 Å². The summed E-state index contributed by atoms with van der Waals surface area (Å²) in [5, 5.41) is 0.201.